The van der Waals surface area contributed by atoms with Crippen molar-refractivity contribution in [3.63, 3.8) is 0 Å². The lowest BCUT2D eigenvalue weighted by atomic mass is 10.00. The summed E-state index contributed by atoms with van der Waals surface area (Å²) in [4.78, 5) is 17.0. The van der Waals surface area contributed by atoms with E-state index in [4.69, 9.17) is 14.9 Å². The number of rotatable bonds is 3. The Kier molecular flexibility index (Phi) is 4.41. The van der Waals surface area contributed by atoms with Crippen molar-refractivity contribution in [2.75, 3.05) is 6.61 Å². The van der Waals surface area contributed by atoms with E-state index in [2.05, 4.69) is 9.26 Å². The molecule has 0 aromatic heterocycles. The van der Waals surface area contributed by atoms with Crippen molar-refractivity contribution in [2.45, 2.75) is 30.7 Å². The van der Waals surface area contributed by atoms with Crippen molar-refractivity contribution in [1.29, 1.82) is 0 Å². The lowest BCUT2D eigenvalue weighted by Gasteiger charge is -2.39. The van der Waals surface area contributed by atoms with E-state index < -0.39 is 45.1 Å². The summed E-state index contributed by atoms with van der Waals surface area (Å²) in [5.41, 5.74) is 0. The van der Waals surface area contributed by atoms with E-state index in [-0.39, 0.29) is 0 Å². The predicted octanol–water partition coefficient (Wildman–Crippen LogP) is -3.10. The van der Waals surface area contributed by atoms with E-state index in [1.807, 2.05) is 0 Å². The van der Waals surface area contributed by atoms with Crippen LogP contribution in [-0.4, -0.2) is 67.5 Å². The van der Waals surface area contributed by atoms with Gasteiger partial charge >= 0.3 is 7.82 Å². The van der Waals surface area contributed by atoms with Crippen molar-refractivity contribution < 1.29 is 44.0 Å². The standard InChI is InChI=1S/C6H13O9P/c7-1-2-3(8)4(9)5(10)6(14-2)15-16(11,12)13/h2-10H,1H2,(H2,11,12,13)/t2-,3+,4+,5+,6-/m1/s1. The highest BCUT2D eigenvalue weighted by Crippen LogP contribution is 2.40. The van der Waals surface area contributed by atoms with Gasteiger partial charge in [0.2, 0.25) is 0 Å². The minimum atomic E-state index is -4.91. The van der Waals surface area contributed by atoms with Crippen LogP contribution in [-0.2, 0) is 13.8 Å². The third kappa shape index (κ3) is 3.20. The molecule has 1 aliphatic rings. The summed E-state index contributed by atoms with van der Waals surface area (Å²) < 4.78 is 19.2. The van der Waals surface area contributed by atoms with Gasteiger partial charge in [-0.05, 0) is 0 Å². The molecule has 1 saturated heterocycles. The number of hydrogen-bond acceptors (Lipinski definition) is 7. The Hall–Kier alpha value is -0.0900. The molecule has 0 spiro atoms. The molecule has 1 aliphatic heterocycles. The Labute approximate surface area is 90.1 Å². The number of ether oxygens (including phenoxy) is 1. The number of hydrogen-bond donors (Lipinski definition) is 6. The first-order valence-corrected chi connectivity index (χ1v) is 5.83. The quantitative estimate of drug-likeness (QED) is 0.289. The summed E-state index contributed by atoms with van der Waals surface area (Å²) in [5.74, 6) is 0. The zero-order valence-electron chi connectivity index (χ0n) is 7.95. The van der Waals surface area contributed by atoms with E-state index in [0.717, 1.165) is 0 Å². The van der Waals surface area contributed by atoms with Crippen molar-refractivity contribution in [2.24, 2.45) is 0 Å². The van der Waals surface area contributed by atoms with E-state index in [0.29, 0.717) is 0 Å². The highest BCUT2D eigenvalue weighted by Gasteiger charge is 2.46. The van der Waals surface area contributed by atoms with Gasteiger partial charge in [-0.25, -0.2) is 4.57 Å². The summed E-state index contributed by atoms with van der Waals surface area (Å²) in [6, 6.07) is 0. The van der Waals surface area contributed by atoms with Gasteiger partial charge in [0, 0.05) is 0 Å². The molecule has 0 saturated carbocycles. The average molecular weight is 260 g/mol. The molecular formula is C6H13O9P. The van der Waals surface area contributed by atoms with Crippen molar-refractivity contribution in [3.8, 4) is 0 Å². The maximum Gasteiger partial charge on any atom is 0.472 e. The molecule has 16 heavy (non-hydrogen) atoms. The number of phosphoric acid groups is 1. The summed E-state index contributed by atoms with van der Waals surface area (Å²) in [7, 11) is -4.91. The number of phosphoric ester groups is 1. The molecule has 1 fully saturated rings. The van der Waals surface area contributed by atoms with Crippen molar-refractivity contribution >= 4 is 7.82 Å². The highest BCUT2D eigenvalue weighted by molar-refractivity contribution is 7.46. The second kappa shape index (κ2) is 5.05. The molecule has 96 valence electrons. The lowest BCUT2D eigenvalue weighted by molar-refractivity contribution is -0.280. The molecule has 0 aliphatic carbocycles. The molecule has 1 rings (SSSR count). The Morgan fingerprint density at radius 3 is 2.12 bits per heavy atom. The Bertz CT molecular complexity index is 275. The topological polar surface area (TPSA) is 157 Å². The smallest absolute Gasteiger partial charge is 0.394 e. The first-order valence-electron chi connectivity index (χ1n) is 4.30. The summed E-state index contributed by atoms with van der Waals surface area (Å²) in [6.45, 7) is -0.702. The minimum absolute atomic E-state index is 0.702. The fourth-order valence-electron chi connectivity index (χ4n) is 1.29. The van der Waals surface area contributed by atoms with Crippen molar-refractivity contribution in [3.05, 3.63) is 0 Å². The van der Waals surface area contributed by atoms with Gasteiger partial charge < -0.3 is 34.9 Å². The molecule has 1 heterocycles. The molecule has 0 unspecified atom stereocenters. The van der Waals surface area contributed by atoms with Crippen LogP contribution in [0.2, 0.25) is 0 Å². The Morgan fingerprint density at radius 2 is 1.69 bits per heavy atom. The molecule has 9 nitrogen and oxygen atoms in total. The van der Waals surface area contributed by atoms with Crippen LogP contribution in [0, 0.1) is 0 Å². The van der Waals surface area contributed by atoms with Crippen LogP contribution in [0.1, 0.15) is 0 Å². The third-order valence-corrected chi connectivity index (χ3v) is 2.57. The summed E-state index contributed by atoms with van der Waals surface area (Å²) in [5, 5.41) is 36.6. The van der Waals surface area contributed by atoms with Gasteiger partial charge in [0.05, 0.1) is 6.61 Å². The van der Waals surface area contributed by atoms with Crippen LogP contribution in [0.3, 0.4) is 0 Å². The van der Waals surface area contributed by atoms with Gasteiger partial charge in [-0.1, -0.05) is 0 Å². The van der Waals surface area contributed by atoms with E-state index >= 15 is 0 Å². The van der Waals surface area contributed by atoms with Gasteiger partial charge in [0.1, 0.15) is 24.4 Å². The van der Waals surface area contributed by atoms with Crippen LogP contribution < -0.4 is 0 Å². The molecule has 0 bridgehead atoms. The second-order valence-electron chi connectivity index (χ2n) is 3.29. The first-order chi connectivity index (χ1) is 7.26. The maximum atomic E-state index is 10.5. The Morgan fingerprint density at radius 1 is 1.12 bits per heavy atom. The van der Waals surface area contributed by atoms with Gasteiger partial charge in [0.25, 0.3) is 0 Å². The third-order valence-electron chi connectivity index (χ3n) is 2.09. The molecule has 5 atom stereocenters. The molecular weight excluding hydrogens is 247 g/mol. The molecule has 0 aromatic carbocycles. The van der Waals surface area contributed by atoms with Gasteiger partial charge in [0.15, 0.2) is 6.29 Å². The highest BCUT2D eigenvalue weighted by atomic mass is 31.2. The van der Waals surface area contributed by atoms with Gasteiger partial charge in [-0.15, -0.1) is 0 Å². The number of aliphatic hydroxyl groups excluding tert-OH is 4. The fourth-order valence-corrected chi connectivity index (χ4v) is 1.73. The monoisotopic (exact) mass is 260 g/mol. The molecule has 0 aromatic rings. The van der Waals surface area contributed by atoms with Crippen LogP contribution >= 0.6 is 7.82 Å². The Balaban J connectivity index is 2.75. The van der Waals surface area contributed by atoms with E-state index in [9.17, 15) is 19.9 Å². The maximum absolute atomic E-state index is 10.5. The SMILES string of the molecule is O=P(O)(O)O[C@H]1O[C@H](CO)[C@H](O)[C@H](O)[C@@H]1O. The second-order valence-corrected chi connectivity index (χ2v) is 4.49. The predicted molar refractivity (Wildman–Crippen MR) is 46.9 cm³/mol. The van der Waals surface area contributed by atoms with Gasteiger partial charge in [-0.2, -0.15) is 0 Å². The van der Waals surface area contributed by atoms with Crippen LogP contribution in [0.15, 0.2) is 0 Å². The van der Waals surface area contributed by atoms with Crippen LogP contribution in [0.4, 0.5) is 0 Å². The fraction of sp³-hybridized carbons (Fsp3) is 1.00. The zero-order valence-corrected chi connectivity index (χ0v) is 8.84. The normalized spacial score (nSPS) is 41.0. The first kappa shape index (κ1) is 14.0. The summed E-state index contributed by atoms with van der Waals surface area (Å²) >= 11 is 0. The molecule has 10 heteroatoms. The molecule has 0 radical (unpaired) electrons. The lowest BCUT2D eigenvalue weighted by Crippen LogP contribution is -2.58. The van der Waals surface area contributed by atoms with Crippen molar-refractivity contribution in [1.82, 2.24) is 0 Å². The zero-order chi connectivity index (χ0) is 12.5. The van der Waals surface area contributed by atoms with E-state index in [1.54, 1.807) is 0 Å². The van der Waals surface area contributed by atoms with E-state index in [1.165, 1.54) is 0 Å². The number of aliphatic hydroxyl groups is 4. The van der Waals surface area contributed by atoms with Crippen LogP contribution in [0.5, 0.6) is 0 Å². The summed E-state index contributed by atoms with van der Waals surface area (Å²) in [6.07, 6.45) is -8.25. The van der Waals surface area contributed by atoms with Crippen LogP contribution in [0.25, 0.3) is 0 Å². The molecule has 0 amide bonds. The minimum Gasteiger partial charge on any atom is -0.394 e. The largest absolute Gasteiger partial charge is 0.472 e. The van der Waals surface area contributed by atoms with Gasteiger partial charge in [-0.3, -0.25) is 4.52 Å². The average Bonchev–Trinajstić information content (AvgIpc) is 2.17. The molecule has 6 N–H and O–H groups in total.